The average Bonchev–Trinajstić information content (AvgIpc) is 3.41. The van der Waals surface area contributed by atoms with Gasteiger partial charge in [0, 0.05) is 53.8 Å². The molecule has 0 spiro atoms. The number of likely N-dealkylation sites (tertiary alicyclic amines) is 1. The van der Waals surface area contributed by atoms with Crippen molar-refractivity contribution in [3.8, 4) is 22.8 Å². The topological polar surface area (TPSA) is 37.4 Å². The van der Waals surface area contributed by atoms with Gasteiger partial charge in [0.1, 0.15) is 23.1 Å². The van der Waals surface area contributed by atoms with Crippen molar-refractivity contribution in [2.24, 2.45) is 0 Å². The van der Waals surface area contributed by atoms with Crippen LogP contribution >= 0.6 is 0 Å². The molecule has 5 rings (SSSR count). The largest absolute Gasteiger partial charge is 0.457 e. The van der Waals surface area contributed by atoms with E-state index in [4.69, 9.17) is 4.74 Å². The Morgan fingerprint density at radius 1 is 0.947 bits per heavy atom. The molecule has 2 heterocycles. The molecule has 0 radical (unpaired) electrons. The Kier molecular flexibility index (Phi) is 7.80. The van der Waals surface area contributed by atoms with Crippen LogP contribution in [0, 0.1) is 18.6 Å². The van der Waals surface area contributed by atoms with Crippen LogP contribution in [0.2, 0.25) is 0 Å². The Balaban J connectivity index is 1.29. The first-order valence-corrected chi connectivity index (χ1v) is 12.9. The smallest absolute Gasteiger partial charge is 0.131 e. The highest BCUT2D eigenvalue weighted by molar-refractivity contribution is 5.67. The summed E-state index contributed by atoms with van der Waals surface area (Å²) in [7, 11) is 0. The van der Waals surface area contributed by atoms with Crippen LogP contribution in [0.3, 0.4) is 0 Å². The number of halogens is 2. The third kappa shape index (κ3) is 6.26. The van der Waals surface area contributed by atoms with E-state index in [1.165, 1.54) is 30.5 Å². The lowest BCUT2D eigenvalue weighted by Gasteiger charge is -2.16. The van der Waals surface area contributed by atoms with Gasteiger partial charge in [0.2, 0.25) is 0 Å². The summed E-state index contributed by atoms with van der Waals surface area (Å²) >= 11 is 0. The van der Waals surface area contributed by atoms with Crippen molar-refractivity contribution in [1.29, 1.82) is 0 Å². The minimum Gasteiger partial charge on any atom is -0.457 e. The monoisotopic (exact) mass is 511 g/mol. The minimum absolute atomic E-state index is 0.253. The van der Waals surface area contributed by atoms with E-state index in [2.05, 4.69) is 46.0 Å². The number of hydrogen-bond acceptors (Lipinski definition) is 4. The fourth-order valence-electron chi connectivity index (χ4n) is 4.86. The molecule has 4 aromatic rings. The van der Waals surface area contributed by atoms with Gasteiger partial charge >= 0.3 is 0 Å². The Bertz CT molecular complexity index is 1430. The Hall–Kier alpha value is -4.03. The summed E-state index contributed by atoms with van der Waals surface area (Å²) in [6, 6.07) is 21.5. The second-order valence-electron chi connectivity index (χ2n) is 9.70. The molecule has 0 saturated carbocycles. The normalized spacial score (nSPS) is 13.4. The Morgan fingerprint density at radius 2 is 1.71 bits per heavy atom. The van der Waals surface area contributed by atoms with Crippen LogP contribution < -0.4 is 10.1 Å². The Morgan fingerprint density at radius 3 is 2.50 bits per heavy atom. The third-order valence-electron chi connectivity index (χ3n) is 6.82. The van der Waals surface area contributed by atoms with Gasteiger partial charge in [0.05, 0.1) is 5.69 Å². The van der Waals surface area contributed by atoms with Gasteiger partial charge in [0.15, 0.2) is 0 Å². The van der Waals surface area contributed by atoms with Crippen molar-refractivity contribution in [2.45, 2.75) is 32.9 Å². The molecular weight excluding hydrogens is 480 g/mol. The number of ether oxygens (including phenoxy) is 1. The van der Waals surface area contributed by atoms with Crippen LogP contribution in [-0.2, 0) is 13.1 Å². The lowest BCUT2D eigenvalue weighted by Crippen LogP contribution is -2.18. The molecule has 0 bridgehead atoms. The third-order valence-corrected chi connectivity index (χ3v) is 6.82. The molecule has 1 aromatic heterocycles. The fraction of sp³-hybridized carbons (Fsp3) is 0.219. The first-order valence-electron chi connectivity index (χ1n) is 12.9. The highest BCUT2D eigenvalue weighted by Crippen LogP contribution is 2.31. The van der Waals surface area contributed by atoms with Crippen molar-refractivity contribution in [3.05, 3.63) is 119 Å². The van der Waals surface area contributed by atoms with E-state index < -0.39 is 11.6 Å². The molecule has 38 heavy (non-hydrogen) atoms. The van der Waals surface area contributed by atoms with Crippen molar-refractivity contribution < 1.29 is 13.5 Å². The van der Waals surface area contributed by atoms with Gasteiger partial charge in [-0.25, -0.2) is 8.78 Å². The van der Waals surface area contributed by atoms with E-state index in [0.29, 0.717) is 22.8 Å². The molecule has 6 heteroatoms. The van der Waals surface area contributed by atoms with Crippen LogP contribution in [0.5, 0.6) is 11.5 Å². The molecule has 1 aliphatic rings. The van der Waals surface area contributed by atoms with E-state index in [9.17, 15) is 8.78 Å². The van der Waals surface area contributed by atoms with Gasteiger partial charge in [-0.1, -0.05) is 36.9 Å². The molecule has 4 nitrogen and oxygen atoms in total. The quantitative estimate of drug-likeness (QED) is 0.253. The summed E-state index contributed by atoms with van der Waals surface area (Å²) in [5.41, 5.74) is 6.11. The molecule has 1 saturated heterocycles. The zero-order chi connectivity index (χ0) is 26.5. The highest BCUT2D eigenvalue weighted by Gasteiger charge is 2.13. The summed E-state index contributed by atoms with van der Waals surface area (Å²) < 4.78 is 33.3. The molecule has 0 unspecified atom stereocenters. The van der Waals surface area contributed by atoms with Gasteiger partial charge in [0.25, 0.3) is 0 Å². The molecular formula is C32H31F2N3O. The maximum absolute atomic E-state index is 13.5. The van der Waals surface area contributed by atoms with Gasteiger partial charge < -0.3 is 10.1 Å². The van der Waals surface area contributed by atoms with Crippen LogP contribution in [0.25, 0.3) is 17.0 Å². The lowest BCUT2D eigenvalue weighted by molar-refractivity contribution is 0.331. The van der Waals surface area contributed by atoms with E-state index in [1.807, 2.05) is 37.3 Å². The zero-order valence-corrected chi connectivity index (χ0v) is 21.5. The highest BCUT2D eigenvalue weighted by atomic mass is 19.1. The van der Waals surface area contributed by atoms with Crippen LogP contribution in [0.4, 0.5) is 8.78 Å². The van der Waals surface area contributed by atoms with Gasteiger partial charge in [-0.3, -0.25) is 9.88 Å². The first-order chi connectivity index (χ1) is 18.4. The predicted molar refractivity (Wildman–Crippen MR) is 148 cm³/mol. The molecule has 1 N–H and O–H groups in total. The predicted octanol–water partition coefficient (Wildman–Crippen LogP) is 7.48. The summed E-state index contributed by atoms with van der Waals surface area (Å²) in [6.45, 7) is 9.62. The van der Waals surface area contributed by atoms with E-state index in [-0.39, 0.29) is 6.54 Å². The number of nitrogens with zero attached hydrogens (tertiary/aromatic N) is 2. The van der Waals surface area contributed by atoms with Gasteiger partial charge in [-0.05, 0) is 74.3 Å². The summed E-state index contributed by atoms with van der Waals surface area (Å²) in [6.07, 6.45) is 4.31. The molecule has 0 amide bonds. The maximum atomic E-state index is 13.5. The fourth-order valence-corrected chi connectivity index (χ4v) is 4.86. The average molecular weight is 512 g/mol. The summed E-state index contributed by atoms with van der Waals surface area (Å²) in [4.78, 5) is 7.07. The zero-order valence-electron chi connectivity index (χ0n) is 21.5. The minimum atomic E-state index is -0.603. The number of benzene rings is 3. The van der Waals surface area contributed by atoms with E-state index >= 15 is 0 Å². The number of hydrogen-bond donors (Lipinski definition) is 1. The second kappa shape index (κ2) is 11.6. The Labute approximate surface area is 222 Å². The van der Waals surface area contributed by atoms with Crippen molar-refractivity contribution in [1.82, 2.24) is 15.2 Å². The van der Waals surface area contributed by atoms with Crippen molar-refractivity contribution >= 4 is 5.70 Å². The van der Waals surface area contributed by atoms with Crippen LogP contribution in [0.15, 0.2) is 85.6 Å². The molecule has 194 valence electrons. The van der Waals surface area contributed by atoms with Crippen molar-refractivity contribution in [2.75, 3.05) is 13.1 Å². The summed E-state index contributed by atoms with van der Waals surface area (Å²) in [5, 5.41) is 3.17. The van der Waals surface area contributed by atoms with Gasteiger partial charge in [-0.2, -0.15) is 0 Å². The number of pyridine rings is 1. The maximum Gasteiger partial charge on any atom is 0.131 e. The molecule has 1 fully saturated rings. The number of aromatic nitrogens is 1. The van der Waals surface area contributed by atoms with E-state index in [0.717, 1.165) is 48.1 Å². The number of rotatable bonds is 9. The molecule has 1 aliphatic heterocycles. The molecule has 3 aromatic carbocycles. The van der Waals surface area contributed by atoms with E-state index in [1.54, 1.807) is 6.20 Å². The standard InChI is InChI=1S/C32H31F2N3O/c1-22-30(23(2)36-20-25-16-27(33)18-28(34)17-25)9-6-10-32(22)38-29-11-12-35-31(19-29)26-8-5-7-24(15-26)21-37-13-3-4-14-37/h5-12,15-19,36H,2-4,13-14,20-21H2,1H3. The molecule has 0 atom stereocenters. The van der Waals surface area contributed by atoms with Crippen LogP contribution in [0.1, 0.15) is 35.1 Å². The summed E-state index contributed by atoms with van der Waals surface area (Å²) in [5.74, 6) is 0.180. The first kappa shape index (κ1) is 25.6. The van der Waals surface area contributed by atoms with Gasteiger partial charge in [-0.15, -0.1) is 0 Å². The SMILES string of the molecule is C=C(NCc1cc(F)cc(F)c1)c1cccc(Oc2ccnc(-c3cccc(CN4CCCC4)c3)c2)c1C. The molecule has 0 aliphatic carbocycles. The number of nitrogens with one attached hydrogen (secondary N) is 1. The van der Waals surface area contributed by atoms with Crippen LogP contribution in [-0.4, -0.2) is 23.0 Å². The lowest BCUT2D eigenvalue weighted by atomic mass is 10.0. The van der Waals surface area contributed by atoms with Crippen molar-refractivity contribution in [3.63, 3.8) is 0 Å². The second-order valence-corrected chi connectivity index (χ2v) is 9.70.